The molecular formula is C25H31N3O5S. The van der Waals surface area contributed by atoms with Crippen molar-refractivity contribution in [1.82, 2.24) is 10.2 Å². The van der Waals surface area contributed by atoms with E-state index in [-0.39, 0.29) is 29.9 Å². The highest BCUT2D eigenvalue weighted by molar-refractivity contribution is 7.90. The number of benzene rings is 2. The third-order valence-corrected chi connectivity index (χ3v) is 6.86. The van der Waals surface area contributed by atoms with Gasteiger partial charge >= 0.3 is 0 Å². The molecule has 0 aliphatic carbocycles. The predicted molar refractivity (Wildman–Crippen MR) is 131 cm³/mol. The average molecular weight is 486 g/mol. The number of sulfone groups is 1. The number of hydrogen-bond acceptors (Lipinski definition) is 5. The molecular weight excluding hydrogens is 454 g/mol. The molecule has 1 heterocycles. The SMILES string of the molecule is Cc1cccc(C(=O)N[C@H](CCS(C)(=O)=O)C(=O)N2CCC(C(=O)Nc3ccccc3)CC2)c1. The van der Waals surface area contributed by atoms with Crippen molar-refractivity contribution in [1.29, 1.82) is 0 Å². The Labute approximate surface area is 200 Å². The number of likely N-dealkylation sites (tertiary alicyclic amines) is 1. The zero-order valence-electron chi connectivity index (χ0n) is 19.5. The summed E-state index contributed by atoms with van der Waals surface area (Å²) >= 11 is 0. The Morgan fingerprint density at radius 1 is 1.03 bits per heavy atom. The number of carbonyl (C=O) groups is 3. The van der Waals surface area contributed by atoms with E-state index in [0.29, 0.717) is 31.5 Å². The summed E-state index contributed by atoms with van der Waals surface area (Å²) in [4.78, 5) is 40.2. The molecule has 3 rings (SSSR count). The lowest BCUT2D eigenvalue weighted by molar-refractivity contribution is -0.136. The smallest absolute Gasteiger partial charge is 0.251 e. The van der Waals surface area contributed by atoms with Crippen molar-refractivity contribution in [2.24, 2.45) is 5.92 Å². The lowest BCUT2D eigenvalue weighted by Crippen LogP contribution is -2.52. The number of hydrogen-bond donors (Lipinski definition) is 2. The first-order chi connectivity index (χ1) is 16.1. The van der Waals surface area contributed by atoms with E-state index < -0.39 is 21.8 Å². The van der Waals surface area contributed by atoms with E-state index in [9.17, 15) is 22.8 Å². The van der Waals surface area contributed by atoms with Crippen LogP contribution >= 0.6 is 0 Å². The third-order valence-electron chi connectivity index (χ3n) is 5.88. The van der Waals surface area contributed by atoms with Crippen LogP contribution in [0.2, 0.25) is 0 Å². The molecule has 1 aliphatic heterocycles. The summed E-state index contributed by atoms with van der Waals surface area (Å²) < 4.78 is 23.4. The molecule has 3 amide bonds. The topological polar surface area (TPSA) is 113 Å². The molecule has 1 atom stereocenters. The summed E-state index contributed by atoms with van der Waals surface area (Å²) in [5.74, 6) is -1.27. The summed E-state index contributed by atoms with van der Waals surface area (Å²) in [5.41, 5.74) is 2.04. The molecule has 1 fully saturated rings. The van der Waals surface area contributed by atoms with E-state index in [4.69, 9.17) is 0 Å². The largest absolute Gasteiger partial charge is 0.341 e. The minimum Gasteiger partial charge on any atom is -0.341 e. The van der Waals surface area contributed by atoms with E-state index in [0.717, 1.165) is 17.5 Å². The number of amides is 3. The number of aryl methyl sites for hydroxylation is 1. The van der Waals surface area contributed by atoms with Gasteiger partial charge in [-0.15, -0.1) is 0 Å². The molecule has 0 radical (unpaired) electrons. The molecule has 34 heavy (non-hydrogen) atoms. The Kier molecular flexibility index (Phi) is 8.44. The maximum absolute atomic E-state index is 13.2. The summed E-state index contributed by atoms with van der Waals surface area (Å²) in [7, 11) is -3.32. The lowest BCUT2D eigenvalue weighted by Gasteiger charge is -2.34. The first kappa shape index (κ1) is 25.4. The van der Waals surface area contributed by atoms with Gasteiger partial charge in [-0.25, -0.2) is 8.42 Å². The van der Waals surface area contributed by atoms with Gasteiger partial charge in [-0.05, 0) is 50.5 Å². The van der Waals surface area contributed by atoms with Crippen molar-refractivity contribution in [3.63, 3.8) is 0 Å². The molecule has 2 aromatic rings. The molecule has 2 aromatic carbocycles. The summed E-state index contributed by atoms with van der Waals surface area (Å²) in [6.07, 6.45) is 2.08. The highest BCUT2D eigenvalue weighted by Gasteiger charge is 2.32. The van der Waals surface area contributed by atoms with Crippen molar-refractivity contribution in [2.45, 2.75) is 32.2 Å². The van der Waals surface area contributed by atoms with E-state index in [1.54, 1.807) is 23.1 Å². The molecule has 2 N–H and O–H groups in total. The summed E-state index contributed by atoms with van der Waals surface area (Å²) in [6.45, 7) is 2.59. The monoisotopic (exact) mass is 485 g/mol. The molecule has 0 unspecified atom stereocenters. The molecule has 1 saturated heterocycles. The second kappa shape index (κ2) is 11.3. The van der Waals surface area contributed by atoms with Gasteiger partial charge in [0, 0.05) is 36.5 Å². The molecule has 0 saturated carbocycles. The van der Waals surface area contributed by atoms with Crippen molar-refractivity contribution in [3.05, 3.63) is 65.7 Å². The molecule has 0 spiro atoms. The fraction of sp³-hybridized carbons (Fsp3) is 0.400. The van der Waals surface area contributed by atoms with Crippen molar-refractivity contribution in [3.8, 4) is 0 Å². The Balaban J connectivity index is 1.62. The highest BCUT2D eigenvalue weighted by Crippen LogP contribution is 2.21. The third kappa shape index (κ3) is 7.41. The maximum atomic E-state index is 13.2. The van der Waals surface area contributed by atoms with E-state index in [2.05, 4.69) is 10.6 Å². The van der Waals surface area contributed by atoms with Gasteiger partial charge in [0.25, 0.3) is 5.91 Å². The average Bonchev–Trinajstić information content (AvgIpc) is 2.81. The van der Waals surface area contributed by atoms with Gasteiger partial charge in [-0.3, -0.25) is 14.4 Å². The van der Waals surface area contributed by atoms with Gasteiger partial charge in [0.1, 0.15) is 15.9 Å². The van der Waals surface area contributed by atoms with E-state index >= 15 is 0 Å². The number of piperidine rings is 1. The van der Waals surface area contributed by atoms with Crippen LogP contribution in [0.5, 0.6) is 0 Å². The Bertz CT molecular complexity index is 1130. The Hall–Kier alpha value is -3.20. The van der Waals surface area contributed by atoms with Crippen LogP contribution in [0.4, 0.5) is 5.69 Å². The van der Waals surface area contributed by atoms with Crippen LogP contribution < -0.4 is 10.6 Å². The van der Waals surface area contributed by atoms with Crippen molar-refractivity contribution in [2.75, 3.05) is 30.4 Å². The van der Waals surface area contributed by atoms with Gasteiger partial charge in [0.05, 0.1) is 5.75 Å². The van der Waals surface area contributed by atoms with Gasteiger partial charge in [-0.1, -0.05) is 35.9 Å². The van der Waals surface area contributed by atoms with Crippen LogP contribution in [-0.4, -0.2) is 62.2 Å². The van der Waals surface area contributed by atoms with Crippen LogP contribution in [0.25, 0.3) is 0 Å². The van der Waals surface area contributed by atoms with Gasteiger partial charge in [0.15, 0.2) is 0 Å². The van der Waals surface area contributed by atoms with Crippen LogP contribution in [0, 0.1) is 12.8 Å². The second-order valence-electron chi connectivity index (χ2n) is 8.77. The maximum Gasteiger partial charge on any atom is 0.251 e. The van der Waals surface area contributed by atoms with Crippen LogP contribution in [0.3, 0.4) is 0 Å². The number of nitrogens with zero attached hydrogens (tertiary/aromatic N) is 1. The Morgan fingerprint density at radius 2 is 1.71 bits per heavy atom. The van der Waals surface area contributed by atoms with Crippen LogP contribution in [0.15, 0.2) is 54.6 Å². The van der Waals surface area contributed by atoms with Gasteiger partial charge in [0.2, 0.25) is 11.8 Å². The van der Waals surface area contributed by atoms with E-state index in [1.165, 1.54) is 0 Å². The molecule has 9 heteroatoms. The zero-order chi connectivity index (χ0) is 24.7. The first-order valence-corrected chi connectivity index (χ1v) is 13.4. The van der Waals surface area contributed by atoms with Gasteiger partial charge in [-0.2, -0.15) is 0 Å². The number of para-hydroxylation sites is 1. The molecule has 0 aromatic heterocycles. The first-order valence-electron chi connectivity index (χ1n) is 11.3. The number of anilines is 1. The van der Waals surface area contributed by atoms with Crippen molar-refractivity contribution < 1.29 is 22.8 Å². The van der Waals surface area contributed by atoms with Crippen LogP contribution in [0.1, 0.15) is 35.2 Å². The standard InChI is InChI=1S/C25H31N3O5S/c1-18-7-6-8-20(17-18)24(30)27-22(13-16-34(2,32)33)25(31)28-14-11-19(12-15-28)23(29)26-21-9-4-3-5-10-21/h3-10,17,19,22H,11-16H2,1-2H3,(H,26,29)(H,27,30)/t22-/m1/s1. The number of carbonyl (C=O) groups excluding carboxylic acids is 3. The van der Waals surface area contributed by atoms with Gasteiger partial charge < -0.3 is 15.5 Å². The lowest BCUT2D eigenvalue weighted by atomic mass is 9.95. The predicted octanol–water partition coefficient (Wildman–Crippen LogP) is 2.41. The van der Waals surface area contributed by atoms with Crippen LogP contribution in [-0.2, 0) is 19.4 Å². The fourth-order valence-corrected chi connectivity index (χ4v) is 4.63. The molecule has 182 valence electrons. The fourth-order valence-electron chi connectivity index (χ4n) is 3.97. The summed E-state index contributed by atoms with van der Waals surface area (Å²) in [6, 6.07) is 15.2. The molecule has 1 aliphatic rings. The highest BCUT2D eigenvalue weighted by atomic mass is 32.2. The minimum absolute atomic E-state index is 0.0103. The summed E-state index contributed by atoms with van der Waals surface area (Å²) in [5, 5.41) is 5.62. The zero-order valence-corrected chi connectivity index (χ0v) is 20.3. The normalized spacial score (nSPS) is 15.4. The van der Waals surface area contributed by atoms with E-state index in [1.807, 2.05) is 43.3 Å². The molecule has 0 bridgehead atoms. The number of nitrogens with one attached hydrogen (secondary N) is 2. The molecule has 8 nitrogen and oxygen atoms in total. The van der Waals surface area contributed by atoms with Crippen molar-refractivity contribution >= 4 is 33.2 Å². The minimum atomic E-state index is -3.32. The quantitative estimate of drug-likeness (QED) is 0.596. The second-order valence-corrected chi connectivity index (χ2v) is 11.0. The Morgan fingerprint density at radius 3 is 2.32 bits per heavy atom. The number of rotatable bonds is 8.